The molecule has 0 atom stereocenters. The minimum Gasteiger partial charge on any atom is -0.349 e. The van der Waals surface area contributed by atoms with E-state index in [-0.39, 0.29) is 18.2 Å². The molecular formula is C15H20ClF3N2O. The average Bonchev–Trinajstić information content (AvgIpc) is 2.96. The van der Waals surface area contributed by atoms with Gasteiger partial charge in [-0.15, -0.1) is 12.4 Å². The number of amides is 1. The fourth-order valence-corrected chi connectivity index (χ4v) is 2.85. The standard InChI is InChI=1S/C15H19F3N2O.ClH/c16-12-5-3-11(4-6-12)14(7-1-2-8-14)13(21)20-10-15(17,18)9-19;/h3-6H,1-2,7-10,19H2,(H,20,21);1H. The molecule has 0 bridgehead atoms. The van der Waals surface area contributed by atoms with Crippen LogP contribution in [0.3, 0.4) is 0 Å². The van der Waals surface area contributed by atoms with Crippen LogP contribution in [0.4, 0.5) is 13.2 Å². The van der Waals surface area contributed by atoms with E-state index in [1.807, 2.05) is 0 Å². The lowest BCUT2D eigenvalue weighted by molar-refractivity contribution is -0.128. The van der Waals surface area contributed by atoms with E-state index in [0.29, 0.717) is 18.4 Å². The molecule has 0 unspecified atom stereocenters. The Morgan fingerprint density at radius 1 is 1.23 bits per heavy atom. The van der Waals surface area contributed by atoms with Gasteiger partial charge in [0, 0.05) is 0 Å². The summed E-state index contributed by atoms with van der Waals surface area (Å²) in [5, 5.41) is 2.31. The van der Waals surface area contributed by atoms with Crippen molar-refractivity contribution < 1.29 is 18.0 Å². The normalized spacial score (nSPS) is 16.9. The second-order valence-corrected chi connectivity index (χ2v) is 5.54. The van der Waals surface area contributed by atoms with E-state index < -0.39 is 30.3 Å². The first kappa shape index (κ1) is 18.8. The summed E-state index contributed by atoms with van der Waals surface area (Å²) in [6.07, 6.45) is 2.85. The smallest absolute Gasteiger partial charge is 0.277 e. The molecule has 2 rings (SSSR count). The predicted octanol–water partition coefficient (Wildman–Crippen LogP) is 2.77. The highest BCUT2D eigenvalue weighted by Gasteiger charge is 2.43. The lowest BCUT2D eigenvalue weighted by Crippen LogP contribution is -2.48. The minimum absolute atomic E-state index is 0. The highest BCUT2D eigenvalue weighted by molar-refractivity contribution is 5.88. The number of hydrogen-bond acceptors (Lipinski definition) is 2. The Morgan fingerprint density at radius 3 is 2.27 bits per heavy atom. The van der Waals surface area contributed by atoms with Crippen molar-refractivity contribution in [2.45, 2.75) is 37.0 Å². The maximum Gasteiger partial charge on any atom is 0.277 e. The predicted molar refractivity (Wildman–Crippen MR) is 80.8 cm³/mol. The monoisotopic (exact) mass is 336 g/mol. The Labute approximate surface area is 133 Å². The zero-order valence-corrected chi connectivity index (χ0v) is 12.9. The van der Waals surface area contributed by atoms with Gasteiger partial charge in [-0.1, -0.05) is 25.0 Å². The number of halogens is 4. The molecule has 1 aromatic carbocycles. The maximum atomic E-state index is 13.2. The van der Waals surface area contributed by atoms with E-state index in [4.69, 9.17) is 5.73 Å². The summed E-state index contributed by atoms with van der Waals surface area (Å²) < 4.78 is 39.4. The topological polar surface area (TPSA) is 55.1 Å². The van der Waals surface area contributed by atoms with E-state index in [0.717, 1.165) is 12.8 Å². The van der Waals surface area contributed by atoms with Crippen molar-refractivity contribution in [1.82, 2.24) is 5.32 Å². The van der Waals surface area contributed by atoms with Gasteiger partial charge in [0.05, 0.1) is 18.5 Å². The third kappa shape index (κ3) is 3.93. The molecule has 1 aliphatic carbocycles. The van der Waals surface area contributed by atoms with Gasteiger partial charge in [0.1, 0.15) is 5.82 Å². The van der Waals surface area contributed by atoms with Gasteiger partial charge >= 0.3 is 0 Å². The maximum absolute atomic E-state index is 13.2. The number of carbonyl (C=O) groups excluding carboxylic acids is 1. The van der Waals surface area contributed by atoms with Crippen LogP contribution in [0.2, 0.25) is 0 Å². The lowest BCUT2D eigenvalue weighted by Gasteiger charge is -2.29. The van der Waals surface area contributed by atoms with Crippen molar-refractivity contribution in [3.8, 4) is 0 Å². The Hall–Kier alpha value is -1.27. The number of rotatable bonds is 5. The van der Waals surface area contributed by atoms with Crippen LogP contribution >= 0.6 is 12.4 Å². The van der Waals surface area contributed by atoms with Gasteiger partial charge < -0.3 is 11.1 Å². The van der Waals surface area contributed by atoms with E-state index in [9.17, 15) is 18.0 Å². The second kappa shape index (κ2) is 7.33. The van der Waals surface area contributed by atoms with Gasteiger partial charge in [0.25, 0.3) is 5.92 Å². The summed E-state index contributed by atoms with van der Waals surface area (Å²) in [5.74, 6) is -3.93. The van der Waals surface area contributed by atoms with Crippen LogP contribution in [0.1, 0.15) is 31.2 Å². The molecule has 1 fully saturated rings. The first-order chi connectivity index (χ1) is 9.89. The van der Waals surface area contributed by atoms with Crippen LogP contribution in [0.15, 0.2) is 24.3 Å². The molecule has 3 nitrogen and oxygen atoms in total. The number of alkyl halides is 2. The summed E-state index contributed by atoms with van der Waals surface area (Å²) in [6.45, 7) is -1.58. The molecule has 7 heteroatoms. The molecule has 0 spiro atoms. The molecule has 0 saturated heterocycles. The molecule has 0 aliphatic heterocycles. The molecule has 22 heavy (non-hydrogen) atoms. The van der Waals surface area contributed by atoms with Crippen LogP contribution in [0.25, 0.3) is 0 Å². The first-order valence-corrected chi connectivity index (χ1v) is 7.02. The summed E-state index contributed by atoms with van der Waals surface area (Å²) in [7, 11) is 0. The molecular weight excluding hydrogens is 317 g/mol. The zero-order valence-electron chi connectivity index (χ0n) is 12.1. The Kier molecular flexibility index (Phi) is 6.26. The third-order valence-corrected chi connectivity index (χ3v) is 4.09. The van der Waals surface area contributed by atoms with E-state index in [2.05, 4.69) is 5.32 Å². The Bertz CT molecular complexity index is 502. The Morgan fingerprint density at radius 2 is 1.77 bits per heavy atom. The van der Waals surface area contributed by atoms with E-state index in [1.54, 1.807) is 12.1 Å². The van der Waals surface area contributed by atoms with Gasteiger partial charge in [0.2, 0.25) is 5.91 Å². The molecule has 124 valence electrons. The van der Waals surface area contributed by atoms with Crippen molar-refractivity contribution in [2.75, 3.05) is 13.1 Å². The Balaban J connectivity index is 0.00000242. The molecule has 1 amide bonds. The van der Waals surface area contributed by atoms with Crippen LogP contribution in [-0.2, 0) is 10.2 Å². The molecule has 0 aromatic heterocycles. The van der Waals surface area contributed by atoms with Gasteiger partial charge in [-0.25, -0.2) is 13.2 Å². The third-order valence-electron chi connectivity index (χ3n) is 4.09. The summed E-state index contributed by atoms with van der Waals surface area (Å²) in [4.78, 5) is 12.4. The highest BCUT2D eigenvalue weighted by Crippen LogP contribution is 2.41. The molecule has 0 radical (unpaired) electrons. The number of hydrogen-bond donors (Lipinski definition) is 2. The van der Waals surface area contributed by atoms with Crippen molar-refractivity contribution in [1.29, 1.82) is 0 Å². The van der Waals surface area contributed by atoms with Crippen LogP contribution in [-0.4, -0.2) is 24.9 Å². The second-order valence-electron chi connectivity index (χ2n) is 5.54. The van der Waals surface area contributed by atoms with Crippen molar-refractivity contribution in [2.24, 2.45) is 5.73 Å². The summed E-state index contributed by atoms with van der Waals surface area (Å²) >= 11 is 0. The van der Waals surface area contributed by atoms with Gasteiger partial charge in [-0.05, 0) is 30.5 Å². The van der Waals surface area contributed by atoms with E-state index in [1.165, 1.54) is 12.1 Å². The SMILES string of the molecule is Cl.NCC(F)(F)CNC(=O)C1(c2ccc(F)cc2)CCCC1. The summed E-state index contributed by atoms with van der Waals surface area (Å²) in [5.41, 5.74) is 4.80. The molecule has 1 aromatic rings. The largest absolute Gasteiger partial charge is 0.349 e. The number of benzene rings is 1. The summed E-state index contributed by atoms with van der Waals surface area (Å²) in [6, 6.07) is 5.69. The van der Waals surface area contributed by atoms with E-state index >= 15 is 0 Å². The van der Waals surface area contributed by atoms with Gasteiger partial charge in [0.15, 0.2) is 0 Å². The van der Waals surface area contributed by atoms with Crippen molar-refractivity contribution >= 4 is 18.3 Å². The van der Waals surface area contributed by atoms with Crippen LogP contribution < -0.4 is 11.1 Å². The fourth-order valence-electron chi connectivity index (χ4n) is 2.85. The fraction of sp³-hybridized carbons (Fsp3) is 0.533. The molecule has 0 heterocycles. The first-order valence-electron chi connectivity index (χ1n) is 7.02. The van der Waals surface area contributed by atoms with Crippen molar-refractivity contribution in [3.05, 3.63) is 35.6 Å². The van der Waals surface area contributed by atoms with Crippen LogP contribution in [0.5, 0.6) is 0 Å². The zero-order chi connectivity index (χ0) is 15.5. The lowest BCUT2D eigenvalue weighted by atomic mass is 9.78. The number of nitrogens with one attached hydrogen (secondary N) is 1. The number of nitrogens with two attached hydrogens (primary N) is 1. The molecule has 1 aliphatic rings. The van der Waals surface area contributed by atoms with Gasteiger partial charge in [-0.2, -0.15) is 0 Å². The quantitative estimate of drug-likeness (QED) is 0.868. The minimum atomic E-state index is -3.11. The van der Waals surface area contributed by atoms with Crippen molar-refractivity contribution in [3.63, 3.8) is 0 Å². The van der Waals surface area contributed by atoms with Gasteiger partial charge in [-0.3, -0.25) is 4.79 Å². The number of carbonyl (C=O) groups is 1. The highest BCUT2D eigenvalue weighted by atomic mass is 35.5. The average molecular weight is 337 g/mol. The molecule has 1 saturated carbocycles. The van der Waals surface area contributed by atoms with Crippen LogP contribution in [0, 0.1) is 5.82 Å². The molecule has 3 N–H and O–H groups in total.